The molecule has 0 unspecified atom stereocenters. The van der Waals surface area contributed by atoms with Gasteiger partial charge in [-0.3, -0.25) is 4.79 Å². The molecule has 0 saturated carbocycles. The van der Waals surface area contributed by atoms with Crippen molar-refractivity contribution in [3.63, 3.8) is 0 Å². The molecule has 0 radical (unpaired) electrons. The number of aromatic nitrogens is 1. The Morgan fingerprint density at radius 2 is 2.19 bits per heavy atom. The van der Waals surface area contributed by atoms with E-state index in [2.05, 4.69) is 26.2 Å². The number of carbonyl (C=O) groups is 2. The topological polar surface area (TPSA) is 99.5 Å². The molecule has 1 rings (SSSR count). The van der Waals surface area contributed by atoms with Crippen LogP contribution in [-0.4, -0.2) is 39.7 Å². The zero-order chi connectivity index (χ0) is 12.1. The Hall–Kier alpha value is -1.47. The van der Waals surface area contributed by atoms with Crippen molar-refractivity contribution < 1.29 is 19.8 Å². The lowest BCUT2D eigenvalue weighted by molar-refractivity contribution is -0.146. The summed E-state index contributed by atoms with van der Waals surface area (Å²) in [5.41, 5.74) is 0.292. The molecule has 1 aromatic heterocycles. The third kappa shape index (κ3) is 3.59. The third-order valence-corrected chi connectivity index (χ3v) is 2.20. The number of carboxylic acid groups (broad SMARTS) is 1. The molecule has 0 aromatic carbocycles. The summed E-state index contributed by atoms with van der Waals surface area (Å²) in [5.74, 6) is -1.87. The average Bonchev–Trinajstić information content (AvgIpc) is 2.26. The lowest BCUT2D eigenvalue weighted by Crippen LogP contribution is -2.36. The number of aliphatic hydroxyl groups is 1. The molecule has 1 heterocycles. The predicted molar refractivity (Wildman–Crippen MR) is 57.9 cm³/mol. The number of hydrogen-bond acceptors (Lipinski definition) is 4. The molecule has 6 nitrogen and oxygen atoms in total. The van der Waals surface area contributed by atoms with Gasteiger partial charge in [-0.25, -0.2) is 9.78 Å². The molecule has 0 bridgehead atoms. The van der Waals surface area contributed by atoms with Crippen molar-refractivity contribution in [2.24, 2.45) is 0 Å². The van der Waals surface area contributed by atoms with Gasteiger partial charge in [0.25, 0.3) is 5.91 Å². The van der Waals surface area contributed by atoms with Crippen LogP contribution in [0.15, 0.2) is 22.9 Å². The largest absolute Gasteiger partial charge is 0.479 e. The van der Waals surface area contributed by atoms with Gasteiger partial charge in [0.1, 0.15) is 4.60 Å². The standard InChI is InChI=1S/C9H9BrN2O4/c10-7-2-1-5(3-11-7)8(14)12-4-6(13)9(15)16/h1-3,6,13H,4H2,(H,12,14)(H,15,16)/t6-/m0/s1. The van der Waals surface area contributed by atoms with Crippen LogP contribution in [0.25, 0.3) is 0 Å². The normalized spacial score (nSPS) is 11.9. The summed E-state index contributed by atoms with van der Waals surface area (Å²) < 4.78 is 0.592. The number of aliphatic carboxylic acids is 1. The molecule has 1 aromatic rings. The third-order valence-electron chi connectivity index (χ3n) is 1.73. The highest BCUT2D eigenvalue weighted by atomic mass is 79.9. The Morgan fingerprint density at radius 3 is 2.69 bits per heavy atom. The summed E-state index contributed by atoms with van der Waals surface area (Å²) in [5, 5.41) is 19.6. The molecule has 0 aliphatic rings. The Labute approximate surface area is 99.4 Å². The van der Waals surface area contributed by atoms with Crippen LogP contribution in [0.4, 0.5) is 0 Å². The van der Waals surface area contributed by atoms with Crippen LogP contribution in [0, 0.1) is 0 Å². The second kappa shape index (κ2) is 5.57. The number of aliphatic hydroxyl groups excluding tert-OH is 1. The first-order chi connectivity index (χ1) is 7.50. The Balaban J connectivity index is 2.53. The van der Waals surface area contributed by atoms with E-state index in [9.17, 15) is 9.59 Å². The van der Waals surface area contributed by atoms with E-state index in [1.165, 1.54) is 12.3 Å². The van der Waals surface area contributed by atoms with Gasteiger partial charge in [0.15, 0.2) is 6.10 Å². The smallest absolute Gasteiger partial charge is 0.334 e. The highest BCUT2D eigenvalue weighted by molar-refractivity contribution is 9.10. The van der Waals surface area contributed by atoms with Crippen molar-refractivity contribution in [1.82, 2.24) is 10.3 Å². The molecular formula is C9H9BrN2O4. The lowest BCUT2D eigenvalue weighted by atomic mass is 10.2. The number of nitrogens with one attached hydrogen (secondary N) is 1. The molecule has 16 heavy (non-hydrogen) atoms. The van der Waals surface area contributed by atoms with Gasteiger partial charge in [-0.2, -0.15) is 0 Å². The number of halogens is 1. The first-order valence-corrected chi connectivity index (χ1v) is 5.10. The summed E-state index contributed by atoms with van der Waals surface area (Å²) in [6, 6.07) is 3.11. The fourth-order valence-electron chi connectivity index (χ4n) is 0.889. The summed E-state index contributed by atoms with van der Waals surface area (Å²) >= 11 is 3.12. The molecule has 0 fully saturated rings. The van der Waals surface area contributed by atoms with E-state index in [1.807, 2.05) is 0 Å². The van der Waals surface area contributed by atoms with Gasteiger partial charge in [0.2, 0.25) is 0 Å². The van der Waals surface area contributed by atoms with Crippen molar-refractivity contribution >= 4 is 27.8 Å². The minimum absolute atomic E-state index is 0.292. The van der Waals surface area contributed by atoms with Crippen LogP contribution < -0.4 is 5.32 Å². The second-order valence-electron chi connectivity index (χ2n) is 2.93. The van der Waals surface area contributed by atoms with Crippen LogP contribution in [-0.2, 0) is 4.79 Å². The van der Waals surface area contributed by atoms with Crippen LogP contribution in [0.2, 0.25) is 0 Å². The van der Waals surface area contributed by atoms with Crippen LogP contribution in [0.3, 0.4) is 0 Å². The van der Waals surface area contributed by atoms with Crippen molar-refractivity contribution in [3.05, 3.63) is 28.5 Å². The minimum atomic E-state index is -1.60. The van der Waals surface area contributed by atoms with Gasteiger partial charge < -0.3 is 15.5 Å². The van der Waals surface area contributed by atoms with Crippen LogP contribution in [0.1, 0.15) is 10.4 Å². The lowest BCUT2D eigenvalue weighted by Gasteiger charge is -2.07. The first-order valence-electron chi connectivity index (χ1n) is 4.31. The zero-order valence-electron chi connectivity index (χ0n) is 8.05. The molecule has 1 atom stereocenters. The molecular weight excluding hydrogens is 280 g/mol. The maximum Gasteiger partial charge on any atom is 0.334 e. The van der Waals surface area contributed by atoms with E-state index in [0.717, 1.165) is 0 Å². The van der Waals surface area contributed by atoms with E-state index in [1.54, 1.807) is 6.07 Å². The van der Waals surface area contributed by atoms with Gasteiger partial charge in [-0.05, 0) is 28.1 Å². The summed E-state index contributed by atoms with van der Waals surface area (Å²) in [4.78, 5) is 25.5. The van der Waals surface area contributed by atoms with Gasteiger partial charge in [-0.15, -0.1) is 0 Å². The van der Waals surface area contributed by atoms with Crippen LogP contribution in [0.5, 0.6) is 0 Å². The fraction of sp³-hybridized carbons (Fsp3) is 0.222. The maximum atomic E-state index is 11.4. The molecule has 0 aliphatic heterocycles. The molecule has 3 N–H and O–H groups in total. The molecule has 0 aliphatic carbocycles. The highest BCUT2D eigenvalue weighted by Crippen LogP contribution is 2.05. The van der Waals surface area contributed by atoms with Crippen molar-refractivity contribution in [2.75, 3.05) is 6.54 Å². The number of carboxylic acids is 1. The molecule has 1 amide bonds. The van der Waals surface area contributed by atoms with Gasteiger partial charge in [0.05, 0.1) is 12.1 Å². The number of hydrogen-bond donors (Lipinski definition) is 3. The summed E-state index contributed by atoms with van der Waals surface area (Å²) in [6.45, 7) is -0.343. The van der Waals surface area contributed by atoms with Crippen molar-refractivity contribution in [3.8, 4) is 0 Å². The average molecular weight is 289 g/mol. The molecule has 0 spiro atoms. The Bertz CT molecular complexity index is 393. The van der Waals surface area contributed by atoms with E-state index in [0.29, 0.717) is 10.2 Å². The molecule has 0 saturated heterocycles. The van der Waals surface area contributed by atoms with Gasteiger partial charge >= 0.3 is 5.97 Å². The van der Waals surface area contributed by atoms with Crippen molar-refractivity contribution in [1.29, 1.82) is 0 Å². The number of amides is 1. The molecule has 86 valence electrons. The zero-order valence-corrected chi connectivity index (χ0v) is 9.64. The molecule has 7 heteroatoms. The highest BCUT2D eigenvalue weighted by Gasteiger charge is 2.14. The monoisotopic (exact) mass is 288 g/mol. The van der Waals surface area contributed by atoms with E-state index >= 15 is 0 Å². The number of carbonyl (C=O) groups excluding carboxylic acids is 1. The van der Waals surface area contributed by atoms with Crippen molar-refractivity contribution in [2.45, 2.75) is 6.10 Å². The van der Waals surface area contributed by atoms with Gasteiger partial charge in [-0.1, -0.05) is 0 Å². The SMILES string of the molecule is O=C(NC[C@H](O)C(=O)O)c1ccc(Br)nc1. The van der Waals surface area contributed by atoms with E-state index in [-0.39, 0.29) is 6.54 Å². The Kier molecular flexibility index (Phi) is 4.39. The minimum Gasteiger partial charge on any atom is -0.479 e. The van der Waals surface area contributed by atoms with E-state index in [4.69, 9.17) is 10.2 Å². The van der Waals surface area contributed by atoms with E-state index < -0.39 is 18.0 Å². The number of pyridine rings is 1. The van der Waals surface area contributed by atoms with Gasteiger partial charge in [0, 0.05) is 6.20 Å². The first kappa shape index (κ1) is 12.6. The Morgan fingerprint density at radius 1 is 1.50 bits per heavy atom. The fourth-order valence-corrected chi connectivity index (χ4v) is 1.12. The predicted octanol–water partition coefficient (Wildman–Crippen LogP) is 0.0194. The summed E-state index contributed by atoms with van der Waals surface area (Å²) in [7, 11) is 0. The van der Waals surface area contributed by atoms with Crippen LogP contribution >= 0.6 is 15.9 Å². The maximum absolute atomic E-state index is 11.4. The quantitative estimate of drug-likeness (QED) is 0.679. The summed E-state index contributed by atoms with van der Waals surface area (Å²) in [6.07, 6.45) is -0.264. The second-order valence-corrected chi connectivity index (χ2v) is 3.75. The number of nitrogens with zero attached hydrogens (tertiary/aromatic N) is 1. The number of rotatable bonds is 4.